The molecule has 2 fully saturated rings. The Hall–Kier alpha value is -0.120. The van der Waals surface area contributed by atoms with Gasteiger partial charge in [0.05, 0.1) is 6.61 Å². The Kier molecular flexibility index (Phi) is 4.00. The van der Waals surface area contributed by atoms with Crippen LogP contribution in [0.3, 0.4) is 0 Å². The summed E-state index contributed by atoms with van der Waals surface area (Å²) in [6.45, 7) is 8.85. The Morgan fingerprint density at radius 3 is 2.80 bits per heavy atom. The van der Waals surface area contributed by atoms with Gasteiger partial charge < -0.3 is 10.1 Å². The largest absolute Gasteiger partial charge is 0.380 e. The summed E-state index contributed by atoms with van der Waals surface area (Å²) in [5, 5.41) is 3.64. The summed E-state index contributed by atoms with van der Waals surface area (Å²) in [7, 11) is 0. The number of hydrogen-bond donors (Lipinski definition) is 1. The SMILES string of the molecule is CCC1CN(C2CCOC2)C(CC)CN1. The zero-order valence-corrected chi connectivity index (χ0v) is 10.0. The molecular weight excluding hydrogens is 188 g/mol. The molecular formula is C12H24N2O. The van der Waals surface area contributed by atoms with Crippen molar-refractivity contribution < 1.29 is 4.74 Å². The molecule has 2 saturated heterocycles. The average Bonchev–Trinajstić information content (AvgIpc) is 2.81. The molecule has 3 heteroatoms. The van der Waals surface area contributed by atoms with Gasteiger partial charge in [-0.25, -0.2) is 0 Å². The van der Waals surface area contributed by atoms with Gasteiger partial charge in [0.15, 0.2) is 0 Å². The van der Waals surface area contributed by atoms with Crippen LogP contribution in [0, 0.1) is 0 Å². The van der Waals surface area contributed by atoms with Crippen molar-refractivity contribution in [2.24, 2.45) is 0 Å². The van der Waals surface area contributed by atoms with Crippen molar-refractivity contribution in [3.63, 3.8) is 0 Å². The number of hydrogen-bond acceptors (Lipinski definition) is 3. The highest BCUT2D eigenvalue weighted by Crippen LogP contribution is 2.20. The molecule has 0 aromatic rings. The molecule has 3 nitrogen and oxygen atoms in total. The van der Waals surface area contributed by atoms with Crippen LogP contribution in [0.15, 0.2) is 0 Å². The zero-order valence-electron chi connectivity index (χ0n) is 10.0. The molecule has 3 atom stereocenters. The second-order valence-electron chi connectivity index (χ2n) is 4.79. The van der Waals surface area contributed by atoms with Gasteiger partial charge in [0, 0.05) is 37.8 Å². The molecule has 0 amide bonds. The van der Waals surface area contributed by atoms with Gasteiger partial charge in [0.25, 0.3) is 0 Å². The van der Waals surface area contributed by atoms with E-state index >= 15 is 0 Å². The molecule has 0 saturated carbocycles. The fourth-order valence-corrected chi connectivity index (χ4v) is 2.77. The molecule has 2 rings (SSSR count). The van der Waals surface area contributed by atoms with Gasteiger partial charge in [-0.15, -0.1) is 0 Å². The van der Waals surface area contributed by atoms with Gasteiger partial charge in [-0.2, -0.15) is 0 Å². The highest BCUT2D eigenvalue weighted by atomic mass is 16.5. The Balaban J connectivity index is 1.96. The van der Waals surface area contributed by atoms with Gasteiger partial charge in [-0.1, -0.05) is 13.8 Å². The lowest BCUT2D eigenvalue weighted by Gasteiger charge is -2.43. The molecule has 0 aliphatic carbocycles. The zero-order chi connectivity index (χ0) is 10.7. The molecule has 1 N–H and O–H groups in total. The van der Waals surface area contributed by atoms with E-state index in [1.807, 2.05) is 0 Å². The quantitative estimate of drug-likeness (QED) is 0.762. The summed E-state index contributed by atoms with van der Waals surface area (Å²) >= 11 is 0. The van der Waals surface area contributed by atoms with E-state index in [-0.39, 0.29) is 0 Å². The summed E-state index contributed by atoms with van der Waals surface area (Å²) in [4.78, 5) is 2.69. The van der Waals surface area contributed by atoms with Crippen molar-refractivity contribution in [1.82, 2.24) is 10.2 Å². The van der Waals surface area contributed by atoms with Gasteiger partial charge in [-0.05, 0) is 19.3 Å². The Morgan fingerprint density at radius 2 is 2.20 bits per heavy atom. The number of piperazine rings is 1. The smallest absolute Gasteiger partial charge is 0.0622 e. The average molecular weight is 212 g/mol. The lowest BCUT2D eigenvalue weighted by molar-refractivity contribution is 0.0671. The fourth-order valence-electron chi connectivity index (χ4n) is 2.77. The number of ether oxygens (including phenoxy) is 1. The van der Waals surface area contributed by atoms with E-state index in [2.05, 4.69) is 24.1 Å². The van der Waals surface area contributed by atoms with E-state index in [9.17, 15) is 0 Å². The maximum Gasteiger partial charge on any atom is 0.0622 e. The molecule has 2 aliphatic heterocycles. The number of nitrogens with one attached hydrogen (secondary N) is 1. The Morgan fingerprint density at radius 1 is 1.33 bits per heavy atom. The third-order valence-electron chi connectivity index (χ3n) is 3.88. The molecule has 0 aromatic heterocycles. The first kappa shape index (κ1) is 11.4. The predicted molar refractivity (Wildman–Crippen MR) is 62.1 cm³/mol. The Labute approximate surface area is 93.2 Å². The number of rotatable bonds is 3. The second-order valence-corrected chi connectivity index (χ2v) is 4.79. The first-order valence-electron chi connectivity index (χ1n) is 6.42. The van der Waals surface area contributed by atoms with Gasteiger partial charge in [0.2, 0.25) is 0 Å². The summed E-state index contributed by atoms with van der Waals surface area (Å²) in [5.74, 6) is 0. The second kappa shape index (κ2) is 5.28. The minimum atomic E-state index is 0.686. The van der Waals surface area contributed by atoms with Crippen LogP contribution in [0.2, 0.25) is 0 Å². The maximum absolute atomic E-state index is 5.51. The van der Waals surface area contributed by atoms with Crippen LogP contribution in [0.1, 0.15) is 33.1 Å². The lowest BCUT2D eigenvalue weighted by Crippen LogP contribution is -2.59. The van der Waals surface area contributed by atoms with Crippen molar-refractivity contribution >= 4 is 0 Å². The van der Waals surface area contributed by atoms with Crippen LogP contribution in [0.5, 0.6) is 0 Å². The van der Waals surface area contributed by atoms with E-state index in [1.165, 1.54) is 25.8 Å². The van der Waals surface area contributed by atoms with E-state index in [4.69, 9.17) is 4.74 Å². The van der Waals surface area contributed by atoms with Crippen LogP contribution < -0.4 is 5.32 Å². The summed E-state index contributed by atoms with van der Waals surface area (Å²) in [6, 6.07) is 2.10. The van der Waals surface area contributed by atoms with Crippen molar-refractivity contribution in [2.75, 3.05) is 26.3 Å². The standard InChI is InChI=1S/C12H24N2O/c1-3-10-8-14(11(4-2)7-13-10)12-5-6-15-9-12/h10-13H,3-9H2,1-2H3. The minimum absolute atomic E-state index is 0.686. The van der Waals surface area contributed by atoms with Crippen molar-refractivity contribution in [3.05, 3.63) is 0 Å². The minimum Gasteiger partial charge on any atom is -0.380 e. The molecule has 88 valence electrons. The predicted octanol–water partition coefficient (Wildman–Crippen LogP) is 1.24. The van der Waals surface area contributed by atoms with Gasteiger partial charge in [-0.3, -0.25) is 4.90 Å². The molecule has 0 spiro atoms. The first-order chi connectivity index (χ1) is 7.35. The first-order valence-corrected chi connectivity index (χ1v) is 6.42. The summed E-state index contributed by atoms with van der Waals surface area (Å²) < 4.78 is 5.51. The van der Waals surface area contributed by atoms with Gasteiger partial charge in [0.1, 0.15) is 0 Å². The topological polar surface area (TPSA) is 24.5 Å². The summed E-state index contributed by atoms with van der Waals surface area (Å²) in [6.07, 6.45) is 3.72. The molecule has 2 aliphatic rings. The van der Waals surface area contributed by atoms with Crippen molar-refractivity contribution in [1.29, 1.82) is 0 Å². The van der Waals surface area contributed by atoms with E-state index in [0.29, 0.717) is 12.1 Å². The highest BCUT2D eigenvalue weighted by molar-refractivity contribution is 4.90. The normalized spacial score (nSPS) is 38.4. The van der Waals surface area contributed by atoms with E-state index in [1.54, 1.807) is 0 Å². The molecule has 3 unspecified atom stereocenters. The summed E-state index contributed by atoms with van der Waals surface area (Å²) in [5.41, 5.74) is 0. The van der Waals surface area contributed by atoms with Gasteiger partial charge >= 0.3 is 0 Å². The molecule has 0 aromatic carbocycles. The van der Waals surface area contributed by atoms with Crippen LogP contribution >= 0.6 is 0 Å². The van der Waals surface area contributed by atoms with Crippen LogP contribution in [0.25, 0.3) is 0 Å². The molecule has 15 heavy (non-hydrogen) atoms. The third-order valence-corrected chi connectivity index (χ3v) is 3.88. The van der Waals surface area contributed by atoms with Crippen molar-refractivity contribution in [2.45, 2.75) is 51.2 Å². The van der Waals surface area contributed by atoms with Crippen LogP contribution in [0.4, 0.5) is 0 Å². The van der Waals surface area contributed by atoms with Crippen molar-refractivity contribution in [3.8, 4) is 0 Å². The third kappa shape index (κ3) is 2.52. The molecule has 2 heterocycles. The molecule has 0 radical (unpaired) electrons. The highest BCUT2D eigenvalue weighted by Gasteiger charge is 2.32. The van der Waals surface area contributed by atoms with Crippen LogP contribution in [-0.4, -0.2) is 49.3 Å². The monoisotopic (exact) mass is 212 g/mol. The van der Waals surface area contributed by atoms with Crippen LogP contribution in [-0.2, 0) is 4.74 Å². The van der Waals surface area contributed by atoms with E-state index in [0.717, 1.165) is 25.8 Å². The fraction of sp³-hybridized carbons (Fsp3) is 1.00. The number of nitrogens with zero attached hydrogens (tertiary/aromatic N) is 1. The lowest BCUT2D eigenvalue weighted by atomic mass is 10.0. The molecule has 0 bridgehead atoms. The maximum atomic E-state index is 5.51. The Bertz CT molecular complexity index is 190. The van der Waals surface area contributed by atoms with E-state index < -0.39 is 0 Å².